The highest BCUT2D eigenvalue weighted by molar-refractivity contribution is 8.04. The van der Waals surface area contributed by atoms with Gasteiger partial charge in [0.1, 0.15) is 11.5 Å². The number of hydrogen-bond acceptors (Lipinski definition) is 7. The van der Waals surface area contributed by atoms with Crippen LogP contribution in [0, 0.1) is 10.7 Å². The van der Waals surface area contributed by atoms with Gasteiger partial charge < -0.3 is 9.47 Å². The van der Waals surface area contributed by atoms with Gasteiger partial charge >= 0.3 is 0 Å². The summed E-state index contributed by atoms with van der Waals surface area (Å²) in [5.74, 6) is 0. The van der Waals surface area contributed by atoms with Crippen LogP contribution in [0.1, 0.15) is 6.92 Å². The maximum Gasteiger partial charge on any atom is 0.264 e. The van der Waals surface area contributed by atoms with Gasteiger partial charge in [-0.1, -0.05) is 12.2 Å². The maximum absolute atomic E-state index is 10.9. The lowest BCUT2D eigenvalue weighted by Gasteiger charge is -2.29. The quantitative estimate of drug-likeness (QED) is 0.408. The minimum absolute atomic E-state index is 0.0944. The molecule has 0 amide bonds. The first-order chi connectivity index (χ1) is 8.46. The second kappa shape index (κ2) is 7.11. The van der Waals surface area contributed by atoms with Crippen LogP contribution >= 0.6 is 11.8 Å². The fourth-order valence-electron chi connectivity index (χ4n) is 1.36. The molecule has 6 nitrogen and oxygen atoms in total. The van der Waals surface area contributed by atoms with E-state index in [0.29, 0.717) is 6.61 Å². The molecular formula is C10H15NO5S2. The zero-order valence-corrected chi connectivity index (χ0v) is 11.7. The molecule has 0 aliphatic carbocycles. The highest BCUT2D eigenvalue weighted by atomic mass is 32.2. The second-order valence-corrected chi connectivity index (χ2v) is 6.15. The molecule has 18 heavy (non-hydrogen) atoms. The Kier molecular flexibility index (Phi) is 6.11. The van der Waals surface area contributed by atoms with Gasteiger partial charge in [0, 0.05) is 6.61 Å². The van der Waals surface area contributed by atoms with Crippen molar-refractivity contribution in [2.75, 3.05) is 19.5 Å². The number of thioether (sulfide) groups is 1. The van der Waals surface area contributed by atoms with E-state index in [1.54, 1.807) is 12.2 Å². The third-order valence-electron chi connectivity index (χ3n) is 2.06. The molecular weight excluding hydrogens is 278 g/mol. The van der Waals surface area contributed by atoms with Crippen molar-refractivity contribution in [3.8, 4) is 5.40 Å². The minimum atomic E-state index is -3.49. The Morgan fingerprint density at radius 1 is 1.50 bits per heavy atom. The first-order valence-electron chi connectivity index (χ1n) is 5.30. The summed E-state index contributed by atoms with van der Waals surface area (Å²) in [6, 6.07) is 0. The van der Waals surface area contributed by atoms with Crippen LogP contribution in [0.25, 0.3) is 0 Å². The Hall–Kier alpha value is -0.590. The number of thiocyanates is 1. The van der Waals surface area contributed by atoms with E-state index in [0.717, 1.165) is 18.0 Å². The molecule has 0 fully saturated rings. The number of rotatable bonds is 6. The predicted molar refractivity (Wildman–Crippen MR) is 67.2 cm³/mol. The summed E-state index contributed by atoms with van der Waals surface area (Å²) in [6.45, 7) is 2.17. The van der Waals surface area contributed by atoms with Crippen LogP contribution in [0.3, 0.4) is 0 Å². The molecule has 3 unspecified atom stereocenters. The lowest BCUT2D eigenvalue weighted by Crippen LogP contribution is -2.37. The van der Waals surface area contributed by atoms with E-state index in [9.17, 15) is 8.42 Å². The standard InChI is InChI=1S/C10H15NO5S2/c1-3-14-10-9(17-7-11)5-4-8(16-10)6-15-18(2,12)13/h4-5,8-10H,3,6H2,1-2H3. The zero-order valence-electron chi connectivity index (χ0n) is 10.1. The van der Waals surface area contributed by atoms with Crippen molar-refractivity contribution in [1.29, 1.82) is 5.26 Å². The Balaban J connectivity index is 2.59. The number of ether oxygens (including phenoxy) is 2. The van der Waals surface area contributed by atoms with E-state index in [1.807, 2.05) is 12.3 Å². The van der Waals surface area contributed by atoms with Gasteiger partial charge in [0.15, 0.2) is 6.29 Å². The third-order valence-corrected chi connectivity index (χ3v) is 3.38. The summed E-state index contributed by atoms with van der Waals surface area (Å²) in [7, 11) is -3.49. The van der Waals surface area contributed by atoms with Gasteiger partial charge in [0.05, 0.1) is 18.1 Å². The van der Waals surface area contributed by atoms with Crippen LogP contribution in [0.4, 0.5) is 0 Å². The lowest BCUT2D eigenvalue weighted by molar-refractivity contribution is -0.162. The molecule has 0 saturated heterocycles. The molecule has 0 aromatic carbocycles. The van der Waals surface area contributed by atoms with Crippen molar-refractivity contribution >= 4 is 21.9 Å². The molecule has 0 aromatic heterocycles. The Bertz CT molecular complexity index is 428. The monoisotopic (exact) mass is 293 g/mol. The van der Waals surface area contributed by atoms with Crippen molar-refractivity contribution in [3.05, 3.63) is 12.2 Å². The molecule has 0 N–H and O–H groups in total. The van der Waals surface area contributed by atoms with E-state index in [1.165, 1.54) is 0 Å². The lowest BCUT2D eigenvalue weighted by atomic mass is 10.2. The summed E-state index contributed by atoms with van der Waals surface area (Å²) in [6.07, 6.45) is 3.36. The fraction of sp³-hybridized carbons (Fsp3) is 0.700. The van der Waals surface area contributed by atoms with Crippen molar-refractivity contribution in [3.63, 3.8) is 0 Å². The van der Waals surface area contributed by atoms with Crippen LogP contribution in [-0.4, -0.2) is 45.5 Å². The van der Waals surface area contributed by atoms with Crippen molar-refractivity contribution in [1.82, 2.24) is 0 Å². The van der Waals surface area contributed by atoms with Gasteiger partial charge in [-0.25, -0.2) is 0 Å². The van der Waals surface area contributed by atoms with Crippen LogP contribution in [0.2, 0.25) is 0 Å². The van der Waals surface area contributed by atoms with E-state index in [4.69, 9.17) is 14.7 Å². The molecule has 1 heterocycles. The summed E-state index contributed by atoms with van der Waals surface area (Å²) in [5, 5.41) is 10.4. The normalized spacial score (nSPS) is 27.9. The third kappa shape index (κ3) is 5.37. The summed E-state index contributed by atoms with van der Waals surface area (Å²) < 4.78 is 37.3. The average Bonchev–Trinajstić information content (AvgIpc) is 2.29. The highest BCUT2D eigenvalue weighted by Crippen LogP contribution is 2.24. The van der Waals surface area contributed by atoms with Crippen molar-refractivity contribution in [2.24, 2.45) is 0 Å². The number of hydrogen-bond donors (Lipinski definition) is 0. The van der Waals surface area contributed by atoms with Gasteiger partial charge in [-0.05, 0) is 18.7 Å². The first kappa shape index (κ1) is 15.5. The molecule has 1 rings (SSSR count). The summed E-state index contributed by atoms with van der Waals surface area (Å²) in [4.78, 5) is 0. The summed E-state index contributed by atoms with van der Waals surface area (Å²) >= 11 is 1.04. The Labute approximate surface area is 111 Å². The molecule has 0 bridgehead atoms. The van der Waals surface area contributed by atoms with E-state index in [-0.39, 0.29) is 11.9 Å². The van der Waals surface area contributed by atoms with E-state index < -0.39 is 22.5 Å². The molecule has 0 spiro atoms. The van der Waals surface area contributed by atoms with E-state index in [2.05, 4.69) is 4.18 Å². The molecule has 1 aliphatic heterocycles. The van der Waals surface area contributed by atoms with Gasteiger partial charge in [0.25, 0.3) is 10.1 Å². The smallest absolute Gasteiger partial charge is 0.264 e. The van der Waals surface area contributed by atoms with Gasteiger partial charge in [-0.15, -0.1) is 0 Å². The molecule has 0 radical (unpaired) electrons. The van der Waals surface area contributed by atoms with Crippen LogP contribution in [-0.2, 0) is 23.8 Å². The Morgan fingerprint density at radius 2 is 2.22 bits per heavy atom. The molecule has 1 aliphatic rings. The number of nitrogens with zero attached hydrogens (tertiary/aromatic N) is 1. The second-order valence-electron chi connectivity index (χ2n) is 3.55. The topological polar surface area (TPSA) is 85.6 Å². The zero-order chi connectivity index (χ0) is 13.6. The van der Waals surface area contributed by atoms with Crippen molar-refractivity contribution in [2.45, 2.75) is 24.6 Å². The summed E-state index contributed by atoms with van der Waals surface area (Å²) in [5.41, 5.74) is 0. The van der Waals surface area contributed by atoms with Crippen LogP contribution in [0.15, 0.2) is 12.2 Å². The SMILES string of the molecule is CCOC1OC(COS(C)(=O)=O)C=CC1SC#N. The molecule has 3 atom stereocenters. The first-order valence-corrected chi connectivity index (χ1v) is 8.00. The molecule has 8 heteroatoms. The van der Waals surface area contributed by atoms with Gasteiger partial charge in [-0.3, -0.25) is 4.18 Å². The minimum Gasteiger partial charge on any atom is -0.351 e. The number of nitriles is 1. The van der Waals surface area contributed by atoms with Gasteiger partial charge in [0.2, 0.25) is 0 Å². The van der Waals surface area contributed by atoms with Gasteiger partial charge in [-0.2, -0.15) is 13.7 Å². The molecule has 0 aromatic rings. The largest absolute Gasteiger partial charge is 0.351 e. The van der Waals surface area contributed by atoms with E-state index >= 15 is 0 Å². The maximum atomic E-state index is 10.9. The molecule has 0 saturated carbocycles. The van der Waals surface area contributed by atoms with Crippen molar-refractivity contribution < 1.29 is 22.1 Å². The average molecular weight is 293 g/mol. The fourth-order valence-corrected chi connectivity index (χ4v) is 2.28. The molecule has 102 valence electrons. The Morgan fingerprint density at radius 3 is 2.78 bits per heavy atom. The van der Waals surface area contributed by atoms with Crippen LogP contribution < -0.4 is 0 Å². The van der Waals surface area contributed by atoms with Crippen LogP contribution in [0.5, 0.6) is 0 Å². The predicted octanol–water partition coefficient (Wildman–Crippen LogP) is 0.863. The highest BCUT2D eigenvalue weighted by Gasteiger charge is 2.29.